The molecule has 1 heterocycles. The minimum atomic E-state index is -0.364. The van der Waals surface area contributed by atoms with Crippen molar-refractivity contribution in [2.24, 2.45) is 15.3 Å². The van der Waals surface area contributed by atoms with Crippen LogP contribution in [0.3, 0.4) is 0 Å². The number of azo groups is 1. The number of hydrogen-bond acceptors (Lipinski definition) is 9. The Bertz CT molecular complexity index is 1400. The molecule has 4 rings (SSSR count). The van der Waals surface area contributed by atoms with Gasteiger partial charge in [0.25, 0.3) is 0 Å². The third-order valence-corrected chi connectivity index (χ3v) is 6.84. The number of hydrogen-bond donors (Lipinski definition) is 1. The average Bonchev–Trinajstić information content (AvgIpc) is 3.35. The van der Waals surface area contributed by atoms with Crippen molar-refractivity contribution in [1.29, 1.82) is 0 Å². The molecule has 0 saturated carbocycles. The summed E-state index contributed by atoms with van der Waals surface area (Å²) in [6.45, 7) is 2.10. The first kappa shape index (κ1) is 25.8. The van der Waals surface area contributed by atoms with Crippen LogP contribution in [0.15, 0.2) is 88.1 Å². The molecule has 4 aromatic rings. The summed E-state index contributed by atoms with van der Waals surface area (Å²) in [4.78, 5) is 16.6. The number of ether oxygens (including phenoxy) is 3. The summed E-state index contributed by atoms with van der Waals surface area (Å²) in [5.41, 5.74) is 6.66. The Labute approximate surface area is 220 Å². The van der Waals surface area contributed by atoms with Gasteiger partial charge >= 0.3 is 221 Å². The molecule has 0 aliphatic heterocycles. The Morgan fingerprint density at radius 2 is 1.73 bits per heavy atom. The van der Waals surface area contributed by atoms with Gasteiger partial charge in [-0.25, -0.2) is 0 Å². The molecule has 1 N–H and O–H groups in total. The summed E-state index contributed by atoms with van der Waals surface area (Å²) in [5.74, 6) is 0.912. The van der Waals surface area contributed by atoms with Gasteiger partial charge in [0.05, 0.1) is 0 Å². The summed E-state index contributed by atoms with van der Waals surface area (Å²) in [5, 5.41) is 13.2. The third-order valence-electron chi connectivity index (χ3n) is 5.07. The number of rotatable bonds is 10. The van der Waals surface area contributed by atoms with Crippen molar-refractivity contribution < 1.29 is 19.0 Å². The molecule has 10 heteroatoms. The maximum absolute atomic E-state index is 11.9. The van der Waals surface area contributed by atoms with E-state index < -0.39 is 0 Å². The number of aromatic nitrogens is 1. The van der Waals surface area contributed by atoms with E-state index in [0.29, 0.717) is 34.0 Å². The van der Waals surface area contributed by atoms with E-state index in [4.69, 9.17) is 19.2 Å². The predicted molar refractivity (Wildman–Crippen MR) is 144 cm³/mol. The van der Waals surface area contributed by atoms with E-state index in [1.54, 1.807) is 51.6 Å². The zero-order valence-corrected chi connectivity index (χ0v) is 22.3. The van der Waals surface area contributed by atoms with Crippen LogP contribution in [0.4, 0.5) is 14.9 Å². The fourth-order valence-corrected chi connectivity index (χ4v) is 4.88. The van der Waals surface area contributed by atoms with Crippen molar-refractivity contribution >= 4 is 41.6 Å². The Morgan fingerprint density at radius 1 is 0.973 bits per heavy atom. The van der Waals surface area contributed by atoms with Crippen molar-refractivity contribution in [2.75, 3.05) is 26.3 Å². The van der Waals surface area contributed by atoms with Crippen molar-refractivity contribution in [2.45, 2.75) is 6.92 Å². The van der Waals surface area contributed by atoms with Crippen LogP contribution in [0.25, 0.3) is 11.3 Å². The first-order valence-electron chi connectivity index (χ1n) is 11.4. The van der Waals surface area contributed by atoms with Gasteiger partial charge in [-0.15, -0.1) is 0 Å². The molecule has 0 aliphatic carbocycles. The minimum absolute atomic E-state index is 0.242. The van der Waals surface area contributed by atoms with E-state index in [2.05, 4.69) is 20.8 Å². The monoisotopic (exact) mass is 563 g/mol. The second kappa shape index (κ2) is 12.6. The topological polar surface area (TPSA) is 107 Å². The number of carbonyl (C=O) groups excluding carboxylic acids is 1. The number of carbonyl (C=O) groups is 1. The van der Waals surface area contributed by atoms with E-state index in [-0.39, 0.29) is 20.5 Å². The molecular formula is C27H25N5O4Se. The van der Waals surface area contributed by atoms with Gasteiger partial charge in [0.1, 0.15) is 0 Å². The average molecular weight is 562 g/mol. The standard InChI is InChI=1S/C27H25N5O4Se/c1-4-36-26(33)20-11-13-21(14-12-20)30-31-25-24(19-8-6-5-7-9-19)29-27(37-25)32-28-17-18-10-15-22(34-2)23(16-18)35-3/h5-17H,4H2,1-3H3,(H,29,32)/b28-17+,31-30?. The number of anilines is 1. The normalized spacial score (nSPS) is 11.1. The van der Waals surface area contributed by atoms with Gasteiger partial charge in [0.15, 0.2) is 0 Å². The number of nitrogens with one attached hydrogen (secondary N) is 1. The van der Waals surface area contributed by atoms with Crippen LogP contribution in [0, 0.1) is 0 Å². The van der Waals surface area contributed by atoms with Gasteiger partial charge in [-0.3, -0.25) is 0 Å². The van der Waals surface area contributed by atoms with Gasteiger partial charge in [-0.1, -0.05) is 0 Å². The Hall–Kier alpha value is -4.27. The van der Waals surface area contributed by atoms with Gasteiger partial charge in [0.2, 0.25) is 0 Å². The zero-order valence-electron chi connectivity index (χ0n) is 20.5. The van der Waals surface area contributed by atoms with Crippen LogP contribution >= 0.6 is 0 Å². The van der Waals surface area contributed by atoms with Gasteiger partial charge in [-0.2, -0.15) is 0 Å². The van der Waals surface area contributed by atoms with E-state index in [1.165, 1.54) is 0 Å². The predicted octanol–water partition coefficient (Wildman–Crippen LogP) is 5.86. The van der Waals surface area contributed by atoms with Crippen LogP contribution in [0.1, 0.15) is 22.8 Å². The second-order valence-corrected chi connectivity index (χ2v) is 9.54. The van der Waals surface area contributed by atoms with Crippen molar-refractivity contribution in [1.82, 2.24) is 4.98 Å². The van der Waals surface area contributed by atoms with E-state index in [9.17, 15) is 4.79 Å². The fourth-order valence-electron chi connectivity index (χ4n) is 3.29. The summed E-state index contributed by atoms with van der Waals surface area (Å²) in [7, 11) is 3.19. The number of methoxy groups -OCH3 is 2. The van der Waals surface area contributed by atoms with E-state index >= 15 is 0 Å². The number of benzene rings is 3. The Morgan fingerprint density at radius 3 is 2.43 bits per heavy atom. The first-order valence-corrected chi connectivity index (χ1v) is 13.1. The summed E-state index contributed by atoms with van der Waals surface area (Å²) in [6, 6.07) is 22.2. The van der Waals surface area contributed by atoms with Gasteiger partial charge < -0.3 is 0 Å². The van der Waals surface area contributed by atoms with Crippen LogP contribution in [0.2, 0.25) is 0 Å². The molecule has 3 aromatic carbocycles. The molecule has 0 unspecified atom stereocenters. The van der Waals surface area contributed by atoms with Crippen LogP contribution < -0.4 is 14.9 Å². The molecule has 0 atom stereocenters. The fraction of sp³-hybridized carbons (Fsp3) is 0.148. The Balaban J connectivity index is 1.54. The molecule has 0 amide bonds. The Kier molecular flexibility index (Phi) is 8.80. The molecule has 0 radical (unpaired) electrons. The third kappa shape index (κ3) is 6.69. The maximum atomic E-state index is 11.9. The second-order valence-electron chi connectivity index (χ2n) is 7.49. The van der Waals surface area contributed by atoms with E-state index in [0.717, 1.165) is 21.4 Å². The van der Waals surface area contributed by atoms with Crippen LogP contribution in [-0.2, 0) is 4.74 Å². The van der Waals surface area contributed by atoms with Crippen molar-refractivity contribution in [3.05, 3.63) is 83.9 Å². The van der Waals surface area contributed by atoms with E-state index in [1.807, 2.05) is 48.5 Å². The van der Waals surface area contributed by atoms with Gasteiger partial charge in [-0.05, 0) is 0 Å². The number of nitrogens with zero attached hydrogens (tertiary/aromatic N) is 4. The molecule has 0 spiro atoms. The van der Waals surface area contributed by atoms with Gasteiger partial charge in [0, 0.05) is 0 Å². The molecule has 9 nitrogen and oxygen atoms in total. The van der Waals surface area contributed by atoms with Crippen LogP contribution in [-0.4, -0.2) is 52.5 Å². The summed E-state index contributed by atoms with van der Waals surface area (Å²) >= 11 is -0.242. The first-order chi connectivity index (χ1) is 18.1. The SMILES string of the molecule is CCOC(=O)c1ccc(N=Nc2[se]c(N/N=C/c3ccc(OC)c(OC)c3)nc2-c2ccccc2)cc1. The number of hydrazone groups is 1. The molecule has 0 saturated heterocycles. The summed E-state index contributed by atoms with van der Waals surface area (Å²) in [6.07, 6.45) is 1.69. The molecular weight excluding hydrogens is 537 g/mol. The van der Waals surface area contributed by atoms with Crippen LogP contribution in [0.5, 0.6) is 11.5 Å². The molecule has 1 aromatic heterocycles. The molecule has 0 fully saturated rings. The quantitative estimate of drug-likeness (QED) is 0.0853. The molecule has 188 valence electrons. The number of esters is 1. The summed E-state index contributed by atoms with van der Waals surface area (Å²) < 4.78 is 17.1. The molecule has 37 heavy (non-hydrogen) atoms. The zero-order chi connectivity index (χ0) is 26.0. The molecule has 0 aliphatic rings. The van der Waals surface area contributed by atoms with Crippen molar-refractivity contribution in [3.63, 3.8) is 0 Å². The molecule has 0 bridgehead atoms. The van der Waals surface area contributed by atoms with Crippen molar-refractivity contribution in [3.8, 4) is 22.8 Å².